The number of hydrogen-bond acceptors (Lipinski definition) is 4. The Labute approximate surface area is 157 Å². The number of nitrogens with one attached hydrogen (secondary N) is 1. The molecule has 2 amide bonds. The highest BCUT2D eigenvalue weighted by Crippen LogP contribution is 2.49. The maximum Gasteiger partial charge on any atom is 0.247 e. The lowest BCUT2D eigenvalue weighted by atomic mass is 9.68. The van der Waals surface area contributed by atoms with Gasteiger partial charge < -0.3 is 10.2 Å². The maximum absolute atomic E-state index is 13.5. The van der Waals surface area contributed by atoms with E-state index in [1.165, 1.54) is 0 Å². The van der Waals surface area contributed by atoms with E-state index < -0.39 is 5.41 Å². The smallest absolute Gasteiger partial charge is 0.247 e. The topological polar surface area (TPSA) is 52.7 Å². The van der Waals surface area contributed by atoms with Gasteiger partial charge in [-0.05, 0) is 56.6 Å². The Kier molecular flexibility index (Phi) is 3.81. The van der Waals surface area contributed by atoms with Crippen LogP contribution in [0.3, 0.4) is 0 Å². The van der Waals surface area contributed by atoms with Gasteiger partial charge in [0.2, 0.25) is 11.8 Å². The molecule has 25 heavy (non-hydrogen) atoms. The summed E-state index contributed by atoms with van der Waals surface area (Å²) in [6.07, 6.45) is 2.08. The van der Waals surface area contributed by atoms with E-state index in [-0.39, 0.29) is 29.0 Å². The van der Waals surface area contributed by atoms with Crippen molar-refractivity contribution in [2.24, 2.45) is 5.41 Å². The van der Waals surface area contributed by atoms with Crippen LogP contribution in [0, 0.1) is 5.41 Å². The lowest BCUT2D eigenvalue weighted by Crippen LogP contribution is -2.72. The van der Waals surface area contributed by atoms with E-state index in [4.69, 9.17) is 23.8 Å². The quantitative estimate of drug-likeness (QED) is 0.603. The van der Waals surface area contributed by atoms with Crippen LogP contribution in [0.5, 0.6) is 0 Å². The number of amides is 2. The van der Waals surface area contributed by atoms with Gasteiger partial charge in [-0.2, -0.15) is 0 Å². The third kappa shape index (κ3) is 2.16. The van der Waals surface area contributed by atoms with Crippen molar-refractivity contribution in [3.05, 3.63) is 28.8 Å². The average molecular weight is 378 g/mol. The molecule has 1 N–H and O–H groups in total. The zero-order chi connectivity index (χ0) is 17.9. The van der Waals surface area contributed by atoms with Crippen LogP contribution in [-0.2, 0) is 16.0 Å². The van der Waals surface area contributed by atoms with Crippen LogP contribution in [0.4, 0.5) is 5.69 Å². The highest BCUT2D eigenvalue weighted by molar-refractivity contribution is 7.80. The van der Waals surface area contributed by atoms with Gasteiger partial charge in [-0.15, -0.1) is 0 Å². The summed E-state index contributed by atoms with van der Waals surface area (Å²) in [5, 5.41) is 3.60. The number of nitrogens with zero attached hydrogens (tertiary/aromatic N) is 2. The third-order valence-corrected chi connectivity index (χ3v) is 6.29. The first kappa shape index (κ1) is 16.8. The summed E-state index contributed by atoms with van der Waals surface area (Å²) in [6, 6.07) is 5.51. The van der Waals surface area contributed by atoms with Crippen molar-refractivity contribution in [3.63, 3.8) is 0 Å². The van der Waals surface area contributed by atoms with Gasteiger partial charge in [0.05, 0.1) is 6.04 Å². The minimum atomic E-state index is -1.17. The zero-order valence-electron chi connectivity index (χ0n) is 14.2. The second-order valence-electron chi connectivity index (χ2n) is 7.27. The van der Waals surface area contributed by atoms with E-state index in [9.17, 15) is 9.59 Å². The predicted molar refractivity (Wildman–Crippen MR) is 101 cm³/mol. The molecule has 0 aliphatic carbocycles. The molecule has 2 unspecified atom stereocenters. The summed E-state index contributed by atoms with van der Waals surface area (Å²) in [6.45, 7) is 4.64. The first-order valence-corrected chi connectivity index (χ1v) is 9.39. The van der Waals surface area contributed by atoms with Crippen LogP contribution in [0.15, 0.2) is 18.2 Å². The fourth-order valence-corrected chi connectivity index (χ4v) is 5.17. The summed E-state index contributed by atoms with van der Waals surface area (Å²) < 4.78 is 0. The van der Waals surface area contributed by atoms with Crippen LogP contribution in [0.2, 0.25) is 5.02 Å². The number of halogens is 1. The van der Waals surface area contributed by atoms with E-state index in [1.54, 1.807) is 4.90 Å². The number of carbonyl (C=O) groups is 2. The molecule has 2 atom stereocenters. The first-order chi connectivity index (χ1) is 11.9. The Morgan fingerprint density at radius 3 is 2.84 bits per heavy atom. The number of carbonyl (C=O) groups excluding carboxylic acids is 2. The van der Waals surface area contributed by atoms with E-state index in [0.29, 0.717) is 11.4 Å². The summed E-state index contributed by atoms with van der Waals surface area (Å²) in [4.78, 5) is 30.4. The van der Waals surface area contributed by atoms with Gasteiger partial charge in [-0.3, -0.25) is 14.5 Å². The van der Waals surface area contributed by atoms with Gasteiger partial charge in [-0.1, -0.05) is 17.7 Å². The van der Waals surface area contributed by atoms with Crippen LogP contribution in [0.25, 0.3) is 0 Å². The van der Waals surface area contributed by atoms with E-state index in [1.807, 2.05) is 32.0 Å². The van der Waals surface area contributed by atoms with Crippen LogP contribution in [-0.4, -0.2) is 40.5 Å². The van der Waals surface area contributed by atoms with Crippen molar-refractivity contribution in [3.8, 4) is 0 Å². The molecule has 2 fully saturated rings. The van der Waals surface area contributed by atoms with E-state index in [0.717, 1.165) is 30.6 Å². The summed E-state index contributed by atoms with van der Waals surface area (Å²) in [5.74, 6) is -0.486. The summed E-state index contributed by atoms with van der Waals surface area (Å²) >= 11 is 11.7. The van der Waals surface area contributed by atoms with Gasteiger partial charge in [0.15, 0.2) is 10.5 Å². The molecule has 0 saturated carbocycles. The molecule has 0 aromatic heterocycles. The normalized spacial score (nSPS) is 28.5. The van der Waals surface area contributed by atoms with Crippen LogP contribution < -0.4 is 10.2 Å². The Bertz CT molecular complexity index is 797. The van der Waals surface area contributed by atoms with Gasteiger partial charge >= 0.3 is 0 Å². The third-order valence-electron chi connectivity index (χ3n) is 5.64. The molecule has 3 aliphatic heterocycles. The fraction of sp³-hybridized carbons (Fsp3) is 0.500. The first-order valence-electron chi connectivity index (χ1n) is 8.61. The Balaban J connectivity index is 1.91. The maximum atomic E-state index is 13.5. The number of fused-ring (bicyclic) bond motifs is 4. The standard InChI is InChI=1S/C18H20ClN3O2S/c1-10(2)22-16(24)18(15(23)20-17(22)25)9-11-12(19)5-3-6-13(11)21-8-4-7-14(18)21/h3,5-6,10,14H,4,7-9H2,1-2H3,(H,20,23,25). The van der Waals surface area contributed by atoms with Crippen molar-refractivity contribution in [1.82, 2.24) is 10.2 Å². The Morgan fingerprint density at radius 2 is 2.12 bits per heavy atom. The molecule has 5 nitrogen and oxygen atoms in total. The highest BCUT2D eigenvalue weighted by Gasteiger charge is 2.62. The van der Waals surface area contributed by atoms with Gasteiger partial charge in [0, 0.05) is 29.7 Å². The minimum absolute atomic E-state index is 0.111. The number of thiocarbonyl (C=S) groups is 1. The summed E-state index contributed by atoms with van der Waals surface area (Å²) in [7, 11) is 0. The molecule has 3 heterocycles. The zero-order valence-corrected chi connectivity index (χ0v) is 15.8. The number of rotatable bonds is 1. The Hall–Kier alpha value is -1.66. The Morgan fingerprint density at radius 1 is 1.36 bits per heavy atom. The van der Waals surface area contributed by atoms with Gasteiger partial charge in [-0.25, -0.2) is 0 Å². The number of hydrogen-bond donors (Lipinski definition) is 1. The van der Waals surface area contributed by atoms with Crippen molar-refractivity contribution in [2.75, 3.05) is 11.4 Å². The van der Waals surface area contributed by atoms with Gasteiger partial charge in [0.25, 0.3) is 0 Å². The SMILES string of the molecule is CC(C)N1C(=O)C2(Cc3c(Cl)cccc3N3CCCC32)C(=O)NC1=S. The van der Waals surface area contributed by atoms with Crippen molar-refractivity contribution in [2.45, 2.75) is 45.2 Å². The van der Waals surface area contributed by atoms with E-state index >= 15 is 0 Å². The second kappa shape index (κ2) is 5.68. The molecule has 1 aromatic carbocycles. The molecule has 132 valence electrons. The number of benzene rings is 1. The fourth-order valence-electron chi connectivity index (χ4n) is 4.55. The number of anilines is 1. The van der Waals surface area contributed by atoms with Crippen LogP contribution in [0.1, 0.15) is 32.3 Å². The second-order valence-corrected chi connectivity index (χ2v) is 8.06. The van der Waals surface area contributed by atoms with Gasteiger partial charge in [0.1, 0.15) is 0 Å². The lowest BCUT2D eigenvalue weighted by Gasteiger charge is -2.51. The molecule has 1 aromatic rings. The van der Waals surface area contributed by atoms with Crippen molar-refractivity contribution < 1.29 is 9.59 Å². The molecular formula is C18H20ClN3O2S. The largest absolute Gasteiger partial charge is 0.367 e. The molecule has 0 bridgehead atoms. The summed E-state index contributed by atoms with van der Waals surface area (Å²) in [5.41, 5.74) is 0.758. The van der Waals surface area contributed by atoms with E-state index in [2.05, 4.69) is 10.2 Å². The molecule has 4 rings (SSSR count). The minimum Gasteiger partial charge on any atom is -0.367 e. The van der Waals surface area contributed by atoms with Crippen molar-refractivity contribution >= 4 is 46.4 Å². The molecule has 0 radical (unpaired) electrons. The molecule has 2 saturated heterocycles. The van der Waals surface area contributed by atoms with Crippen molar-refractivity contribution in [1.29, 1.82) is 0 Å². The average Bonchev–Trinajstić information content (AvgIpc) is 3.03. The van der Waals surface area contributed by atoms with Crippen LogP contribution >= 0.6 is 23.8 Å². The molecule has 3 aliphatic rings. The molecular weight excluding hydrogens is 358 g/mol. The molecule has 1 spiro atoms. The predicted octanol–water partition coefficient (Wildman–Crippen LogP) is 2.50. The molecule has 7 heteroatoms. The lowest BCUT2D eigenvalue weighted by molar-refractivity contribution is -0.153. The highest BCUT2D eigenvalue weighted by atomic mass is 35.5. The monoisotopic (exact) mass is 377 g/mol.